The number of carboxylic acids is 1. The molecule has 164 valence electrons. The lowest BCUT2D eigenvalue weighted by molar-refractivity contribution is -0.139. The maximum absolute atomic E-state index is 12.8. The molecule has 0 saturated heterocycles. The molecular weight excluding hydrogens is 411 g/mol. The molecule has 0 saturated carbocycles. The Labute approximate surface area is 177 Å². The van der Waals surface area contributed by atoms with Crippen LogP contribution in [0.4, 0.5) is 18.9 Å². The van der Waals surface area contributed by atoms with Crippen LogP contribution in [0.3, 0.4) is 0 Å². The fraction of sp³-hybridized carbons (Fsp3) is 0.273. The second-order valence-electron chi connectivity index (χ2n) is 7.21. The molecule has 0 amide bonds. The standard InChI is InChI=1S/C22H22F3N3O3/c1-13-10-17(8-9-19(13)31-12-20(29)30)28(3)11-18-14(2)26-21(27-18)15-4-6-16(7-5-15)22(23,24)25/h4-10H,11-12H2,1-3H3,(H,26,27)(H,29,30). The topological polar surface area (TPSA) is 78.5 Å². The van der Waals surface area contributed by atoms with E-state index in [2.05, 4.69) is 9.97 Å². The molecule has 0 unspecified atom stereocenters. The highest BCUT2D eigenvalue weighted by Crippen LogP contribution is 2.31. The number of halogens is 3. The van der Waals surface area contributed by atoms with Gasteiger partial charge in [0, 0.05) is 18.3 Å². The summed E-state index contributed by atoms with van der Waals surface area (Å²) >= 11 is 0. The van der Waals surface area contributed by atoms with Crippen molar-refractivity contribution in [3.05, 3.63) is 65.0 Å². The van der Waals surface area contributed by atoms with Crippen LogP contribution in [0.25, 0.3) is 11.4 Å². The number of carbonyl (C=O) groups is 1. The van der Waals surface area contributed by atoms with Gasteiger partial charge in [-0.25, -0.2) is 9.78 Å². The van der Waals surface area contributed by atoms with Crippen molar-refractivity contribution in [3.63, 3.8) is 0 Å². The van der Waals surface area contributed by atoms with Crippen LogP contribution in [-0.2, 0) is 17.5 Å². The van der Waals surface area contributed by atoms with Gasteiger partial charge >= 0.3 is 12.1 Å². The van der Waals surface area contributed by atoms with Crippen LogP contribution in [-0.4, -0.2) is 34.7 Å². The van der Waals surface area contributed by atoms with Crippen LogP contribution < -0.4 is 9.64 Å². The summed E-state index contributed by atoms with van der Waals surface area (Å²) in [7, 11) is 1.89. The number of ether oxygens (including phenoxy) is 1. The molecule has 2 N–H and O–H groups in total. The van der Waals surface area contributed by atoms with Crippen LogP contribution in [0.2, 0.25) is 0 Å². The Morgan fingerprint density at radius 3 is 2.42 bits per heavy atom. The van der Waals surface area contributed by atoms with E-state index in [4.69, 9.17) is 9.84 Å². The fourth-order valence-corrected chi connectivity index (χ4v) is 3.11. The quantitative estimate of drug-likeness (QED) is 0.559. The third-order valence-corrected chi connectivity index (χ3v) is 4.82. The molecule has 0 radical (unpaired) electrons. The first kappa shape index (κ1) is 22.2. The second-order valence-corrected chi connectivity index (χ2v) is 7.21. The number of aromatic amines is 1. The highest BCUT2D eigenvalue weighted by Gasteiger charge is 2.30. The van der Waals surface area contributed by atoms with E-state index in [-0.39, 0.29) is 0 Å². The van der Waals surface area contributed by atoms with E-state index in [1.54, 1.807) is 6.07 Å². The minimum atomic E-state index is -4.38. The van der Waals surface area contributed by atoms with Gasteiger partial charge in [0.1, 0.15) is 11.6 Å². The van der Waals surface area contributed by atoms with Gasteiger partial charge < -0.3 is 19.7 Å². The molecule has 1 aromatic heterocycles. The number of carboxylic acid groups (broad SMARTS) is 1. The predicted molar refractivity (Wildman–Crippen MR) is 110 cm³/mol. The summed E-state index contributed by atoms with van der Waals surface area (Å²) in [5.41, 5.74) is 3.15. The zero-order valence-electron chi connectivity index (χ0n) is 17.2. The summed E-state index contributed by atoms with van der Waals surface area (Å²) in [5.74, 6) is -0.0377. The minimum Gasteiger partial charge on any atom is -0.482 e. The van der Waals surface area contributed by atoms with E-state index in [1.807, 2.05) is 37.9 Å². The maximum Gasteiger partial charge on any atom is 0.416 e. The molecule has 0 aliphatic rings. The Morgan fingerprint density at radius 1 is 1.16 bits per heavy atom. The monoisotopic (exact) mass is 433 g/mol. The van der Waals surface area contributed by atoms with Crippen molar-refractivity contribution in [1.82, 2.24) is 9.97 Å². The number of anilines is 1. The van der Waals surface area contributed by atoms with Crippen LogP contribution in [0.15, 0.2) is 42.5 Å². The molecule has 3 aromatic rings. The van der Waals surface area contributed by atoms with E-state index < -0.39 is 24.3 Å². The van der Waals surface area contributed by atoms with E-state index in [0.29, 0.717) is 23.7 Å². The molecule has 0 atom stereocenters. The molecule has 1 heterocycles. The fourth-order valence-electron chi connectivity index (χ4n) is 3.11. The number of aliphatic carboxylic acids is 1. The number of rotatable bonds is 7. The first-order valence-corrected chi connectivity index (χ1v) is 9.44. The van der Waals surface area contributed by atoms with Crippen molar-refractivity contribution < 1.29 is 27.8 Å². The zero-order valence-corrected chi connectivity index (χ0v) is 17.2. The van der Waals surface area contributed by atoms with Crippen LogP contribution in [0, 0.1) is 13.8 Å². The predicted octanol–water partition coefficient (Wildman–Crippen LogP) is 4.81. The van der Waals surface area contributed by atoms with E-state index >= 15 is 0 Å². The Bertz CT molecular complexity index is 1080. The van der Waals surface area contributed by atoms with Crippen molar-refractivity contribution >= 4 is 11.7 Å². The Balaban J connectivity index is 1.74. The van der Waals surface area contributed by atoms with Gasteiger partial charge in [-0.05, 0) is 49.7 Å². The maximum atomic E-state index is 12.8. The molecule has 9 heteroatoms. The van der Waals surface area contributed by atoms with Gasteiger partial charge in [0.15, 0.2) is 6.61 Å². The third kappa shape index (κ3) is 5.36. The molecule has 0 fully saturated rings. The lowest BCUT2D eigenvalue weighted by Gasteiger charge is -2.20. The number of aromatic nitrogens is 2. The molecule has 3 rings (SSSR count). The molecule has 0 aliphatic carbocycles. The average Bonchev–Trinajstić information content (AvgIpc) is 3.06. The zero-order chi connectivity index (χ0) is 22.8. The number of benzene rings is 2. The highest BCUT2D eigenvalue weighted by atomic mass is 19.4. The smallest absolute Gasteiger partial charge is 0.416 e. The van der Waals surface area contributed by atoms with Gasteiger partial charge in [0.2, 0.25) is 0 Å². The molecule has 0 bridgehead atoms. The molecule has 0 spiro atoms. The first-order chi connectivity index (χ1) is 14.5. The van der Waals surface area contributed by atoms with Gasteiger partial charge in [0.25, 0.3) is 0 Å². The van der Waals surface area contributed by atoms with Crippen LogP contribution >= 0.6 is 0 Å². The summed E-state index contributed by atoms with van der Waals surface area (Å²) in [4.78, 5) is 20.3. The van der Waals surface area contributed by atoms with Gasteiger partial charge in [-0.2, -0.15) is 13.2 Å². The number of aryl methyl sites for hydroxylation is 2. The van der Waals surface area contributed by atoms with Gasteiger partial charge in [-0.3, -0.25) is 0 Å². The summed E-state index contributed by atoms with van der Waals surface area (Å²) in [6.07, 6.45) is -4.38. The Kier molecular flexibility index (Phi) is 6.24. The molecule has 31 heavy (non-hydrogen) atoms. The highest BCUT2D eigenvalue weighted by molar-refractivity contribution is 5.68. The summed E-state index contributed by atoms with van der Waals surface area (Å²) in [6, 6.07) is 10.3. The van der Waals surface area contributed by atoms with Crippen LogP contribution in [0.5, 0.6) is 5.75 Å². The van der Waals surface area contributed by atoms with E-state index in [9.17, 15) is 18.0 Å². The number of hydrogen-bond acceptors (Lipinski definition) is 4. The number of nitrogens with zero attached hydrogens (tertiary/aromatic N) is 2. The lowest BCUT2D eigenvalue weighted by atomic mass is 10.1. The number of nitrogens with one attached hydrogen (secondary N) is 1. The van der Waals surface area contributed by atoms with E-state index in [0.717, 1.165) is 34.8 Å². The van der Waals surface area contributed by atoms with E-state index in [1.165, 1.54) is 12.1 Å². The number of imidazole rings is 1. The molecular formula is C22H22F3N3O3. The number of alkyl halides is 3. The van der Waals surface area contributed by atoms with Gasteiger partial charge in [-0.1, -0.05) is 12.1 Å². The van der Waals surface area contributed by atoms with Gasteiger partial charge in [0.05, 0.1) is 23.5 Å². The minimum absolute atomic E-state index is 0.407. The lowest BCUT2D eigenvalue weighted by Crippen LogP contribution is -2.17. The SMILES string of the molecule is Cc1cc(N(C)Cc2[nH]c(-c3ccc(C(F)(F)F)cc3)nc2C)ccc1OCC(=O)O. The molecule has 0 aliphatic heterocycles. The summed E-state index contributed by atoms with van der Waals surface area (Å²) in [5, 5.41) is 8.74. The number of hydrogen-bond donors (Lipinski definition) is 2. The van der Waals surface area contributed by atoms with Crippen molar-refractivity contribution in [2.75, 3.05) is 18.6 Å². The van der Waals surface area contributed by atoms with Crippen LogP contribution in [0.1, 0.15) is 22.5 Å². The molecule has 2 aromatic carbocycles. The third-order valence-electron chi connectivity index (χ3n) is 4.82. The number of H-pyrrole nitrogens is 1. The van der Waals surface area contributed by atoms with Crippen molar-refractivity contribution in [1.29, 1.82) is 0 Å². The van der Waals surface area contributed by atoms with Gasteiger partial charge in [-0.15, -0.1) is 0 Å². The first-order valence-electron chi connectivity index (χ1n) is 9.44. The normalized spacial score (nSPS) is 11.4. The van der Waals surface area contributed by atoms with Crippen molar-refractivity contribution in [3.8, 4) is 17.1 Å². The van der Waals surface area contributed by atoms with Crippen molar-refractivity contribution in [2.45, 2.75) is 26.6 Å². The molecule has 6 nitrogen and oxygen atoms in total. The average molecular weight is 433 g/mol. The summed E-state index contributed by atoms with van der Waals surface area (Å²) < 4.78 is 43.5. The van der Waals surface area contributed by atoms with Crippen molar-refractivity contribution in [2.24, 2.45) is 0 Å². The second kappa shape index (κ2) is 8.71. The summed E-state index contributed by atoms with van der Waals surface area (Å²) in [6.45, 7) is 3.75. The Morgan fingerprint density at radius 2 is 1.84 bits per heavy atom. The largest absolute Gasteiger partial charge is 0.482 e. The Hall–Kier alpha value is -3.49.